The Labute approximate surface area is 104 Å². The lowest BCUT2D eigenvalue weighted by atomic mass is 9.96. The van der Waals surface area contributed by atoms with Crippen LogP contribution < -0.4 is 5.32 Å². The molecule has 2 aliphatic carbocycles. The van der Waals surface area contributed by atoms with E-state index in [0.29, 0.717) is 23.3 Å². The molecule has 0 amide bonds. The molecule has 0 heterocycles. The van der Waals surface area contributed by atoms with E-state index in [2.05, 4.69) is 26.1 Å². The van der Waals surface area contributed by atoms with Crippen LogP contribution in [-0.2, 0) is 0 Å². The highest BCUT2D eigenvalue weighted by Crippen LogP contribution is 2.44. The van der Waals surface area contributed by atoms with Crippen molar-refractivity contribution in [2.75, 3.05) is 12.4 Å². The lowest BCUT2D eigenvalue weighted by Gasteiger charge is -2.35. The molecule has 2 fully saturated rings. The molecule has 2 N–H and O–H groups in total. The number of hydrogen-bond donors (Lipinski definition) is 2. The van der Waals surface area contributed by atoms with Crippen LogP contribution in [0.25, 0.3) is 0 Å². The molecule has 0 aromatic rings. The Bertz CT molecular complexity index is 243. The minimum Gasteiger partial charge on any atom is -0.394 e. The molecule has 0 aromatic heterocycles. The quantitative estimate of drug-likeness (QED) is 0.751. The molecule has 2 nitrogen and oxygen atoms in total. The van der Waals surface area contributed by atoms with Crippen molar-refractivity contribution < 1.29 is 5.11 Å². The molecule has 0 spiro atoms. The van der Waals surface area contributed by atoms with E-state index in [1.54, 1.807) is 0 Å². The van der Waals surface area contributed by atoms with Crippen LogP contribution in [0.4, 0.5) is 0 Å². The van der Waals surface area contributed by atoms with Crippen molar-refractivity contribution >= 4 is 11.8 Å². The van der Waals surface area contributed by atoms with E-state index in [9.17, 15) is 5.11 Å². The summed E-state index contributed by atoms with van der Waals surface area (Å²) >= 11 is 1.98. The number of rotatable bonds is 6. The molecular weight excluding hydrogens is 218 g/mol. The van der Waals surface area contributed by atoms with E-state index in [1.165, 1.54) is 25.7 Å². The SMILES string of the molecule is CC(C)(C)SCC(CO)(NC1CC1)C1CC1. The average molecular weight is 243 g/mol. The predicted molar refractivity (Wildman–Crippen MR) is 70.9 cm³/mol. The first-order valence-corrected chi connectivity index (χ1v) is 7.46. The first-order valence-electron chi connectivity index (χ1n) is 6.48. The van der Waals surface area contributed by atoms with Crippen LogP contribution >= 0.6 is 11.8 Å². The van der Waals surface area contributed by atoms with Gasteiger partial charge in [0, 0.05) is 16.5 Å². The summed E-state index contributed by atoms with van der Waals surface area (Å²) in [6.07, 6.45) is 5.19. The van der Waals surface area contributed by atoms with E-state index in [0.717, 1.165) is 5.75 Å². The van der Waals surface area contributed by atoms with Crippen LogP contribution in [0.2, 0.25) is 0 Å². The minimum atomic E-state index is 0.0130. The van der Waals surface area contributed by atoms with Gasteiger partial charge >= 0.3 is 0 Å². The fraction of sp³-hybridized carbons (Fsp3) is 1.00. The van der Waals surface area contributed by atoms with Crippen molar-refractivity contribution in [3.05, 3.63) is 0 Å². The van der Waals surface area contributed by atoms with Gasteiger partial charge in [-0.25, -0.2) is 0 Å². The summed E-state index contributed by atoms with van der Waals surface area (Å²) in [6.45, 7) is 7.06. The van der Waals surface area contributed by atoms with Gasteiger partial charge < -0.3 is 10.4 Å². The molecule has 0 aliphatic heterocycles. The number of aliphatic hydroxyl groups is 1. The van der Waals surface area contributed by atoms with Crippen molar-refractivity contribution in [3.8, 4) is 0 Å². The highest BCUT2D eigenvalue weighted by Gasteiger charge is 2.47. The van der Waals surface area contributed by atoms with Gasteiger partial charge in [-0.3, -0.25) is 0 Å². The number of aliphatic hydroxyl groups excluding tert-OH is 1. The van der Waals surface area contributed by atoms with Gasteiger partial charge in [0.05, 0.1) is 12.1 Å². The van der Waals surface area contributed by atoms with Crippen molar-refractivity contribution in [3.63, 3.8) is 0 Å². The number of nitrogens with one attached hydrogen (secondary N) is 1. The Hall–Kier alpha value is 0.270. The first-order chi connectivity index (χ1) is 7.45. The maximum absolute atomic E-state index is 9.78. The van der Waals surface area contributed by atoms with Crippen LogP contribution in [0, 0.1) is 5.92 Å². The summed E-state index contributed by atoms with van der Waals surface area (Å²) in [7, 11) is 0. The average Bonchev–Trinajstić information content (AvgIpc) is 3.01. The topological polar surface area (TPSA) is 32.3 Å². The summed E-state index contributed by atoms with van der Waals surface area (Å²) in [5.41, 5.74) is 0.0130. The van der Waals surface area contributed by atoms with Gasteiger partial charge in [-0.05, 0) is 31.6 Å². The molecule has 2 rings (SSSR count). The van der Waals surface area contributed by atoms with Crippen LogP contribution in [0.1, 0.15) is 46.5 Å². The maximum Gasteiger partial charge on any atom is 0.0624 e. The van der Waals surface area contributed by atoms with Gasteiger partial charge in [0.2, 0.25) is 0 Å². The maximum atomic E-state index is 9.78. The molecule has 16 heavy (non-hydrogen) atoms. The van der Waals surface area contributed by atoms with Gasteiger partial charge in [0.15, 0.2) is 0 Å². The molecule has 94 valence electrons. The van der Waals surface area contributed by atoms with Crippen molar-refractivity contribution in [1.29, 1.82) is 0 Å². The summed E-state index contributed by atoms with van der Waals surface area (Å²) in [4.78, 5) is 0. The predicted octanol–water partition coefficient (Wildman–Crippen LogP) is 2.41. The number of thioether (sulfide) groups is 1. The normalized spacial score (nSPS) is 25.5. The smallest absolute Gasteiger partial charge is 0.0624 e. The van der Waals surface area contributed by atoms with Gasteiger partial charge in [-0.15, -0.1) is 0 Å². The molecule has 1 unspecified atom stereocenters. The van der Waals surface area contributed by atoms with E-state index in [1.807, 2.05) is 11.8 Å². The third-order valence-electron chi connectivity index (χ3n) is 3.47. The van der Waals surface area contributed by atoms with Gasteiger partial charge in [0.1, 0.15) is 0 Å². The molecule has 1 atom stereocenters. The Kier molecular flexibility index (Phi) is 3.58. The fourth-order valence-corrected chi connectivity index (χ4v) is 3.21. The third-order valence-corrected chi connectivity index (χ3v) is 5.00. The summed E-state index contributed by atoms with van der Waals surface area (Å²) in [5.74, 6) is 1.77. The second-order valence-electron chi connectivity index (χ2n) is 6.41. The lowest BCUT2D eigenvalue weighted by Crippen LogP contribution is -2.54. The second-order valence-corrected chi connectivity index (χ2v) is 8.21. The molecular formula is C13H25NOS. The highest BCUT2D eigenvalue weighted by molar-refractivity contribution is 8.00. The van der Waals surface area contributed by atoms with Gasteiger partial charge in [-0.1, -0.05) is 20.8 Å². The van der Waals surface area contributed by atoms with E-state index in [4.69, 9.17) is 0 Å². The summed E-state index contributed by atoms with van der Waals surface area (Å²) < 4.78 is 0.292. The van der Waals surface area contributed by atoms with Crippen molar-refractivity contribution in [1.82, 2.24) is 5.32 Å². The number of hydrogen-bond acceptors (Lipinski definition) is 3. The van der Waals surface area contributed by atoms with Crippen molar-refractivity contribution in [2.24, 2.45) is 5.92 Å². The zero-order valence-corrected chi connectivity index (χ0v) is 11.6. The summed E-state index contributed by atoms with van der Waals surface area (Å²) in [6, 6.07) is 0.688. The fourth-order valence-electron chi connectivity index (χ4n) is 2.11. The standard InChI is InChI=1S/C13H25NOS/c1-12(2,3)16-9-13(8-15,10-4-5-10)14-11-6-7-11/h10-11,14-15H,4-9H2,1-3H3. The van der Waals surface area contributed by atoms with Crippen LogP contribution in [-0.4, -0.2) is 33.8 Å². The lowest BCUT2D eigenvalue weighted by molar-refractivity contribution is 0.157. The molecule has 0 aromatic carbocycles. The van der Waals surface area contributed by atoms with E-state index < -0.39 is 0 Å². The van der Waals surface area contributed by atoms with E-state index >= 15 is 0 Å². The first kappa shape index (κ1) is 12.7. The van der Waals surface area contributed by atoms with Gasteiger partial charge in [-0.2, -0.15) is 11.8 Å². The largest absolute Gasteiger partial charge is 0.394 e. The molecule has 0 saturated heterocycles. The second kappa shape index (κ2) is 4.51. The van der Waals surface area contributed by atoms with E-state index in [-0.39, 0.29) is 5.54 Å². The van der Waals surface area contributed by atoms with Crippen LogP contribution in [0.3, 0.4) is 0 Å². The zero-order valence-electron chi connectivity index (χ0n) is 10.8. The van der Waals surface area contributed by atoms with Crippen LogP contribution in [0.5, 0.6) is 0 Å². The molecule has 3 heteroatoms. The Morgan fingerprint density at radius 2 is 1.81 bits per heavy atom. The molecule has 0 radical (unpaired) electrons. The zero-order chi connectivity index (χ0) is 11.8. The highest BCUT2D eigenvalue weighted by atomic mass is 32.2. The monoisotopic (exact) mass is 243 g/mol. The Morgan fingerprint density at radius 1 is 1.19 bits per heavy atom. The Balaban J connectivity index is 1.94. The van der Waals surface area contributed by atoms with Gasteiger partial charge in [0.25, 0.3) is 0 Å². The van der Waals surface area contributed by atoms with Crippen molar-refractivity contribution in [2.45, 2.75) is 62.8 Å². The minimum absolute atomic E-state index is 0.0130. The molecule has 2 aliphatic rings. The van der Waals surface area contributed by atoms with Crippen LogP contribution in [0.15, 0.2) is 0 Å². The third kappa shape index (κ3) is 3.38. The Morgan fingerprint density at radius 3 is 2.19 bits per heavy atom. The molecule has 0 bridgehead atoms. The summed E-state index contributed by atoms with van der Waals surface area (Å²) in [5, 5.41) is 13.5. The molecule has 2 saturated carbocycles.